The van der Waals surface area contributed by atoms with Crippen LogP contribution in [0.3, 0.4) is 0 Å². The monoisotopic (exact) mass is 363 g/mol. The third-order valence-electron chi connectivity index (χ3n) is 2.90. The normalized spacial score (nSPS) is 12.9. The van der Waals surface area contributed by atoms with E-state index in [0.29, 0.717) is 10.4 Å². The summed E-state index contributed by atoms with van der Waals surface area (Å²) in [7, 11) is -3.69. The van der Waals surface area contributed by atoms with Gasteiger partial charge in [-0.1, -0.05) is 13.8 Å². The van der Waals surface area contributed by atoms with Gasteiger partial charge in [0.15, 0.2) is 0 Å². The SMILES string of the molecule is CC(C)CCC(C)(C)NS(=O)(=O)c1cc(Br)cnc1N. The number of anilines is 1. The molecule has 1 rings (SSSR count). The van der Waals surface area contributed by atoms with Crippen molar-refractivity contribution in [3.05, 3.63) is 16.7 Å². The molecule has 0 spiro atoms. The van der Waals surface area contributed by atoms with Crippen molar-refractivity contribution in [1.29, 1.82) is 0 Å². The Morgan fingerprint density at radius 2 is 2.05 bits per heavy atom. The van der Waals surface area contributed by atoms with Gasteiger partial charge in [-0.05, 0) is 54.6 Å². The molecule has 0 aliphatic rings. The first-order chi connectivity index (χ1) is 9.03. The van der Waals surface area contributed by atoms with Gasteiger partial charge in [0.1, 0.15) is 10.7 Å². The third-order valence-corrected chi connectivity index (χ3v) is 5.06. The molecule has 3 N–H and O–H groups in total. The fraction of sp³-hybridized carbons (Fsp3) is 0.615. The Balaban J connectivity index is 2.97. The van der Waals surface area contributed by atoms with E-state index in [2.05, 4.69) is 39.5 Å². The maximum absolute atomic E-state index is 12.4. The van der Waals surface area contributed by atoms with Crippen LogP contribution in [0.5, 0.6) is 0 Å². The maximum Gasteiger partial charge on any atom is 0.244 e. The predicted octanol–water partition coefficient (Wildman–Crippen LogP) is 2.92. The van der Waals surface area contributed by atoms with Gasteiger partial charge in [0.2, 0.25) is 10.0 Å². The highest BCUT2D eigenvalue weighted by molar-refractivity contribution is 9.10. The Labute approximate surface area is 129 Å². The molecule has 0 saturated heterocycles. The molecule has 0 bridgehead atoms. The van der Waals surface area contributed by atoms with Gasteiger partial charge in [-0.25, -0.2) is 18.1 Å². The highest BCUT2D eigenvalue weighted by atomic mass is 79.9. The summed E-state index contributed by atoms with van der Waals surface area (Å²) in [5.74, 6) is 0.525. The Bertz CT molecular complexity index is 571. The molecule has 0 aliphatic carbocycles. The number of aromatic nitrogens is 1. The summed E-state index contributed by atoms with van der Waals surface area (Å²) < 4.78 is 28.1. The molecule has 1 aromatic rings. The van der Waals surface area contributed by atoms with E-state index in [0.717, 1.165) is 12.8 Å². The van der Waals surface area contributed by atoms with Crippen molar-refractivity contribution in [1.82, 2.24) is 9.71 Å². The van der Waals surface area contributed by atoms with Crippen LogP contribution in [0.1, 0.15) is 40.5 Å². The van der Waals surface area contributed by atoms with Gasteiger partial charge in [0.05, 0.1) is 0 Å². The first kappa shape index (κ1) is 17.4. The lowest BCUT2D eigenvalue weighted by atomic mass is 9.95. The highest BCUT2D eigenvalue weighted by Crippen LogP contribution is 2.24. The Morgan fingerprint density at radius 3 is 2.60 bits per heavy atom. The lowest BCUT2D eigenvalue weighted by molar-refractivity contribution is 0.379. The van der Waals surface area contributed by atoms with Crippen LogP contribution in [0.15, 0.2) is 21.6 Å². The van der Waals surface area contributed by atoms with Crippen molar-refractivity contribution >= 4 is 31.8 Å². The lowest BCUT2D eigenvalue weighted by Crippen LogP contribution is -2.43. The van der Waals surface area contributed by atoms with Gasteiger partial charge in [-0.2, -0.15) is 0 Å². The minimum Gasteiger partial charge on any atom is -0.383 e. The number of halogens is 1. The molecule has 0 aromatic carbocycles. The van der Waals surface area contributed by atoms with E-state index in [-0.39, 0.29) is 10.7 Å². The molecule has 5 nitrogen and oxygen atoms in total. The van der Waals surface area contributed by atoms with Crippen LogP contribution >= 0.6 is 15.9 Å². The van der Waals surface area contributed by atoms with Crippen molar-refractivity contribution in [3.8, 4) is 0 Å². The first-order valence-electron chi connectivity index (χ1n) is 6.48. The molecule has 0 aliphatic heterocycles. The molecule has 0 saturated carbocycles. The largest absolute Gasteiger partial charge is 0.383 e. The van der Waals surface area contributed by atoms with E-state index in [9.17, 15) is 8.42 Å². The van der Waals surface area contributed by atoms with Crippen LogP contribution in [-0.4, -0.2) is 18.9 Å². The maximum atomic E-state index is 12.4. The van der Waals surface area contributed by atoms with E-state index in [4.69, 9.17) is 5.73 Å². The summed E-state index contributed by atoms with van der Waals surface area (Å²) in [6.45, 7) is 7.96. The number of nitrogens with one attached hydrogen (secondary N) is 1. The second-order valence-electron chi connectivity index (χ2n) is 5.96. The number of hydrogen-bond donors (Lipinski definition) is 2. The summed E-state index contributed by atoms with van der Waals surface area (Å²) in [4.78, 5) is 3.87. The van der Waals surface area contributed by atoms with Crippen LogP contribution < -0.4 is 10.5 Å². The van der Waals surface area contributed by atoms with Gasteiger partial charge in [0.25, 0.3) is 0 Å². The zero-order valence-electron chi connectivity index (χ0n) is 12.3. The average Bonchev–Trinajstić information content (AvgIpc) is 2.28. The second kappa shape index (κ2) is 6.41. The Hall–Kier alpha value is -0.660. The van der Waals surface area contributed by atoms with Gasteiger partial charge in [-0.15, -0.1) is 0 Å². The van der Waals surface area contributed by atoms with Crippen LogP contribution in [0.4, 0.5) is 5.82 Å². The minimum absolute atomic E-state index is 0.000333. The van der Waals surface area contributed by atoms with Gasteiger partial charge in [-0.3, -0.25) is 0 Å². The molecular formula is C13H22BrN3O2S. The Morgan fingerprint density at radius 1 is 1.45 bits per heavy atom. The molecule has 1 heterocycles. The van der Waals surface area contributed by atoms with Gasteiger partial charge in [0, 0.05) is 16.2 Å². The van der Waals surface area contributed by atoms with Crippen LogP contribution in [0, 0.1) is 5.92 Å². The molecule has 0 amide bonds. The summed E-state index contributed by atoms with van der Waals surface area (Å²) >= 11 is 3.21. The van der Waals surface area contributed by atoms with Crippen molar-refractivity contribution in [2.75, 3.05) is 5.73 Å². The van der Waals surface area contributed by atoms with Crippen molar-refractivity contribution in [2.24, 2.45) is 5.92 Å². The number of sulfonamides is 1. The quantitative estimate of drug-likeness (QED) is 0.813. The molecule has 7 heteroatoms. The fourth-order valence-electron chi connectivity index (χ4n) is 1.77. The number of nitrogens with zero attached hydrogens (tertiary/aromatic N) is 1. The number of rotatable bonds is 6. The van der Waals surface area contributed by atoms with E-state index < -0.39 is 15.6 Å². The molecular weight excluding hydrogens is 342 g/mol. The topological polar surface area (TPSA) is 85.1 Å². The van der Waals surface area contributed by atoms with Crippen molar-refractivity contribution in [3.63, 3.8) is 0 Å². The van der Waals surface area contributed by atoms with Crippen LogP contribution in [-0.2, 0) is 10.0 Å². The van der Waals surface area contributed by atoms with Gasteiger partial charge < -0.3 is 5.73 Å². The lowest BCUT2D eigenvalue weighted by Gasteiger charge is -2.27. The van der Waals surface area contributed by atoms with E-state index in [1.807, 2.05) is 13.8 Å². The van der Waals surface area contributed by atoms with E-state index in [1.165, 1.54) is 12.3 Å². The Kier molecular flexibility index (Phi) is 5.57. The fourth-order valence-corrected chi connectivity index (χ4v) is 3.80. The number of hydrogen-bond acceptors (Lipinski definition) is 4. The van der Waals surface area contributed by atoms with E-state index >= 15 is 0 Å². The summed E-state index contributed by atoms with van der Waals surface area (Å²) in [6, 6.07) is 1.46. The molecule has 20 heavy (non-hydrogen) atoms. The third kappa shape index (κ3) is 5.03. The van der Waals surface area contributed by atoms with Crippen LogP contribution in [0.25, 0.3) is 0 Å². The van der Waals surface area contributed by atoms with Gasteiger partial charge >= 0.3 is 0 Å². The molecule has 0 atom stereocenters. The average molecular weight is 364 g/mol. The smallest absolute Gasteiger partial charge is 0.244 e. The van der Waals surface area contributed by atoms with Crippen molar-refractivity contribution in [2.45, 2.75) is 51.0 Å². The summed E-state index contributed by atoms with van der Waals surface area (Å²) in [5, 5.41) is 0. The minimum atomic E-state index is -3.69. The van der Waals surface area contributed by atoms with Crippen LogP contribution in [0.2, 0.25) is 0 Å². The second-order valence-corrected chi connectivity index (χ2v) is 8.53. The highest BCUT2D eigenvalue weighted by Gasteiger charge is 2.28. The molecule has 114 valence electrons. The summed E-state index contributed by atoms with van der Waals surface area (Å²) in [6.07, 6.45) is 3.17. The zero-order valence-corrected chi connectivity index (χ0v) is 14.7. The molecule has 1 aromatic heterocycles. The first-order valence-corrected chi connectivity index (χ1v) is 8.76. The molecule has 0 unspecified atom stereocenters. The number of pyridine rings is 1. The number of nitrogen functional groups attached to an aromatic ring is 1. The molecule has 0 fully saturated rings. The number of nitrogens with two attached hydrogens (primary N) is 1. The predicted molar refractivity (Wildman–Crippen MR) is 84.8 cm³/mol. The standard InChI is InChI=1S/C13H22BrN3O2S/c1-9(2)5-6-13(3,4)17-20(18,19)11-7-10(14)8-16-12(11)15/h7-9,17H,5-6H2,1-4H3,(H2,15,16). The molecule has 0 radical (unpaired) electrons. The van der Waals surface area contributed by atoms with E-state index in [1.54, 1.807) is 0 Å². The summed E-state index contributed by atoms with van der Waals surface area (Å²) in [5.41, 5.74) is 5.14. The zero-order chi connectivity index (χ0) is 15.6. The van der Waals surface area contributed by atoms with Crippen molar-refractivity contribution < 1.29 is 8.42 Å².